The van der Waals surface area contributed by atoms with Crippen molar-refractivity contribution < 1.29 is 14.7 Å². The Kier molecular flexibility index (Phi) is 9.23. The standard InChI is InChI=1S/C23H31N3O3/c1-2-21(19-12-11-17-8-5-6-9-18(17)14-19)26-16-20(15-24)23(29)25-13-7-3-4-10-22(27)28/h11-12,14,16,21,26H,2-10,13H2,1H3,(H,25,29)(H,27,28)/b20-16-. The van der Waals surface area contributed by atoms with Gasteiger partial charge in [0.1, 0.15) is 11.6 Å². The average molecular weight is 398 g/mol. The molecular weight excluding hydrogens is 366 g/mol. The predicted octanol–water partition coefficient (Wildman–Crippen LogP) is 3.77. The van der Waals surface area contributed by atoms with E-state index < -0.39 is 11.9 Å². The highest BCUT2D eigenvalue weighted by Gasteiger charge is 2.15. The number of unbranched alkanes of at least 4 members (excludes halogenated alkanes) is 2. The van der Waals surface area contributed by atoms with Crippen LogP contribution in [0.25, 0.3) is 0 Å². The van der Waals surface area contributed by atoms with E-state index in [-0.39, 0.29) is 18.0 Å². The topological polar surface area (TPSA) is 102 Å². The number of carbonyl (C=O) groups is 2. The molecule has 6 heteroatoms. The molecule has 0 spiro atoms. The van der Waals surface area contributed by atoms with Crippen LogP contribution in [0.15, 0.2) is 30.0 Å². The van der Waals surface area contributed by atoms with Crippen molar-refractivity contribution in [2.24, 2.45) is 0 Å². The van der Waals surface area contributed by atoms with Crippen molar-refractivity contribution in [1.82, 2.24) is 10.6 Å². The van der Waals surface area contributed by atoms with Gasteiger partial charge in [-0.15, -0.1) is 0 Å². The summed E-state index contributed by atoms with van der Waals surface area (Å²) in [6.45, 7) is 2.51. The summed E-state index contributed by atoms with van der Waals surface area (Å²) in [6, 6.07) is 8.62. The third-order valence-corrected chi connectivity index (χ3v) is 5.33. The zero-order chi connectivity index (χ0) is 21.1. The van der Waals surface area contributed by atoms with Crippen LogP contribution in [0.5, 0.6) is 0 Å². The first kappa shape index (κ1) is 22.5. The van der Waals surface area contributed by atoms with Gasteiger partial charge in [-0.1, -0.05) is 31.5 Å². The quantitative estimate of drug-likeness (QED) is 0.300. The molecule has 0 saturated heterocycles. The molecule has 1 amide bonds. The Morgan fingerprint density at radius 3 is 2.66 bits per heavy atom. The van der Waals surface area contributed by atoms with Crippen molar-refractivity contribution in [2.45, 2.75) is 70.8 Å². The predicted molar refractivity (Wildman–Crippen MR) is 112 cm³/mol. The Balaban J connectivity index is 1.88. The number of nitrogens with one attached hydrogen (secondary N) is 2. The summed E-state index contributed by atoms with van der Waals surface area (Å²) < 4.78 is 0. The molecule has 0 saturated carbocycles. The summed E-state index contributed by atoms with van der Waals surface area (Å²) in [5.74, 6) is -1.21. The molecule has 1 aromatic rings. The highest BCUT2D eigenvalue weighted by atomic mass is 16.4. The molecule has 1 aliphatic carbocycles. The van der Waals surface area contributed by atoms with Crippen molar-refractivity contribution in [3.63, 3.8) is 0 Å². The second-order valence-electron chi connectivity index (χ2n) is 7.49. The molecule has 1 atom stereocenters. The molecule has 1 aliphatic rings. The van der Waals surface area contributed by atoms with Gasteiger partial charge in [0.25, 0.3) is 5.91 Å². The van der Waals surface area contributed by atoms with E-state index in [0.29, 0.717) is 19.4 Å². The van der Waals surface area contributed by atoms with Gasteiger partial charge in [0.15, 0.2) is 0 Å². The molecule has 0 aromatic heterocycles. The second kappa shape index (κ2) is 11.9. The Morgan fingerprint density at radius 2 is 1.97 bits per heavy atom. The summed E-state index contributed by atoms with van der Waals surface area (Å²) in [4.78, 5) is 22.7. The number of hydrogen-bond acceptors (Lipinski definition) is 4. The number of aliphatic carboxylic acids is 1. The van der Waals surface area contributed by atoms with Crippen molar-refractivity contribution in [3.8, 4) is 6.07 Å². The molecule has 2 rings (SSSR count). The molecule has 0 bridgehead atoms. The number of aryl methyl sites for hydroxylation is 2. The van der Waals surface area contributed by atoms with E-state index in [4.69, 9.17) is 5.11 Å². The largest absolute Gasteiger partial charge is 0.481 e. The number of nitrogens with zero attached hydrogens (tertiary/aromatic N) is 1. The minimum absolute atomic E-state index is 0.0481. The van der Waals surface area contributed by atoms with Crippen LogP contribution in [-0.2, 0) is 22.4 Å². The third kappa shape index (κ3) is 7.26. The molecule has 1 aromatic carbocycles. The van der Waals surface area contributed by atoms with E-state index in [1.165, 1.54) is 35.7 Å². The van der Waals surface area contributed by atoms with Crippen LogP contribution < -0.4 is 10.6 Å². The normalized spacial score (nSPS) is 14.4. The van der Waals surface area contributed by atoms with Gasteiger partial charge in [0, 0.05) is 19.2 Å². The number of benzene rings is 1. The summed E-state index contributed by atoms with van der Waals surface area (Å²) >= 11 is 0. The average Bonchev–Trinajstić information content (AvgIpc) is 2.73. The molecular formula is C23H31N3O3. The summed E-state index contributed by atoms with van der Waals surface area (Å²) in [5.41, 5.74) is 4.08. The van der Waals surface area contributed by atoms with Crippen LogP contribution in [0.2, 0.25) is 0 Å². The summed E-state index contributed by atoms with van der Waals surface area (Å²) in [6.07, 6.45) is 9.26. The maximum Gasteiger partial charge on any atom is 0.303 e. The van der Waals surface area contributed by atoms with Crippen LogP contribution in [0.1, 0.15) is 74.6 Å². The summed E-state index contributed by atoms with van der Waals surface area (Å²) in [7, 11) is 0. The highest BCUT2D eigenvalue weighted by Crippen LogP contribution is 2.26. The third-order valence-electron chi connectivity index (χ3n) is 5.33. The van der Waals surface area contributed by atoms with E-state index in [2.05, 4.69) is 35.8 Å². The number of fused-ring (bicyclic) bond motifs is 1. The van der Waals surface area contributed by atoms with E-state index in [1.54, 1.807) is 0 Å². The molecule has 6 nitrogen and oxygen atoms in total. The van der Waals surface area contributed by atoms with Crippen molar-refractivity contribution in [2.75, 3.05) is 6.54 Å². The van der Waals surface area contributed by atoms with Gasteiger partial charge in [-0.2, -0.15) is 5.26 Å². The van der Waals surface area contributed by atoms with Gasteiger partial charge in [-0.3, -0.25) is 9.59 Å². The fourth-order valence-electron chi connectivity index (χ4n) is 3.63. The summed E-state index contributed by atoms with van der Waals surface area (Å²) in [5, 5.41) is 23.9. The van der Waals surface area contributed by atoms with E-state index >= 15 is 0 Å². The van der Waals surface area contributed by atoms with Crippen molar-refractivity contribution in [3.05, 3.63) is 46.7 Å². The van der Waals surface area contributed by atoms with Gasteiger partial charge in [-0.25, -0.2) is 0 Å². The van der Waals surface area contributed by atoms with E-state index in [1.807, 2.05) is 6.07 Å². The number of carbonyl (C=O) groups excluding carboxylic acids is 1. The van der Waals surface area contributed by atoms with E-state index in [0.717, 1.165) is 25.7 Å². The Bertz CT molecular complexity index is 780. The molecule has 3 N–H and O–H groups in total. The number of rotatable bonds is 11. The van der Waals surface area contributed by atoms with Gasteiger partial charge in [0.05, 0.1) is 6.04 Å². The maximum atomic E-state index is 12.2. The molecule has 0 radical (unpaired) electrons. The monoisotopic (exact) mass is 397 g/mol. The Morgan fingerprint density at radius 1 is 1.21 bits per heavy atom. The zero-order valence-corrected chi connectivity index (χ0v) is 17.2. The Labute approximate surface area is 173 Å². The lowest BCUT2D eigenvalue weighted by atomic mass is 9.89. The lowest BCUT2D eigenvalue weighted by Crippen LogP contribution is -2.27. The van der Waals surface area contributed by atoms with Gasteiger partial charge < -0.3 is 15.7 Å². The molecule has 0 fully saturated rings. The fourth-order valence-corrected chi connectivity index (χ4v) is 3.63. The SMILES string of the molecule is CCC(N/C=C(/C#N)C(=O)NCCCCCC(=O)O)c1ccc2c(c1)CCCC2. The lowest BCUT2D eigenvalue weighted by molar-refractivity contribution is -0.137. The van der Waals surface area contributed by atoms with Gasteiger partial charge >= 0.3 is 5.97 Å². The Hall–Kier alpha value is -2.81. The van der Waals surface area contributed by atoms with Crippen LogP contribution in [0, 0.1) is 11.3 Å². The van der Waals surface area contributed by atoms with E-state index in [9.17, 15) is 14.9 Å². The number of hydrogen-bond donors (Lipinski definition) is 3. The minimum atomic E-state index is -0.806. The van der Waals surface area contributed by atoms with Crippen LogP contribution in [0.4, 0.5) is 0 Å². The number of carboxylic acids is 1. The number of nitriles is 1. The van der Waals surface area contributed by atoms with Gasteiger partial charge in [0.2, 0.25) is 0 Å². The first-order valence-corrected chi connectivity index (χ1v) is 10.5. The fraction of sp³-hybridized carbons (Fsp3) is 0.522. The van der Waals surface area contributed by atoms with Crippen molar-refractivity contribution in [1.29, 1.82) is 5.26 Å². The first-order chi connectivity index (χ1) is 14.0. The van der Waals surface area contributed by atoms with Crippen molar-refractivity contribution >= 4 is 11.9 Å². The first-order valence-electron chi connectivity index (χ1n) is 10.5. The molecule has 0 heterocycles. The molecule has 1 unspecified atom stereocenters. The highest BCUT2D eigenvalue weighted by molar-refractivity contribution is 5.97. The number of amides is 1. The van der Waals surface area contributed by atoms with Gasteiger partial charge in [-0.05, 0) is 61.6 Å². The molecule has 0 aliphatic heterocycles. The maximum absolute atomic E-state index is 12.2. The van der Waals surface area contributed by atoms with Crippen LogP contribution in [0.3, 0.4) is 0 Å². The zero-order valence-electron chi connectivity index (χ0n) is 17.2. The lowest BCUT2D eigenvalue weighted by Gasteiger charge is -2.21. The van der Waals surface area contributed by atoms with Crippen LogP contribution >= 0.6 is 0 Å². The smallest absolute Gasteiger partial charge is 0.303 e. The molecule has 29 heavy (non-hydrogen) atoms. The van der Waals surface area contributed by atoms with Crippen LogP contribution in [-0.4, -0.2) is 23.5 Å². The second-order valence-corrected chi connectivity index (χ2v) is 7.49. The minimum Gasteiger partial charge on any atom is -0.481 e. The molecule has 156 valence electrons. The number of carboxylic acid groups (broad SMARTS) is 1.